The van der Waals surface area contributed by atoms with E-state index < -0.39 is 84.6 Å². The molecular formula is C24H39N5O10. The van der Waals surface area contributed by atoms with Crippen molar-refractivity contribution in [2.45, 2.75) is 95.9 Å². The molecule has 0 aliphatic carbocycles. The molecule has 0 radical (unpaired) electrons. The Hall–Kier alpha value is -3.75. The van der Waals surface area contributed by atoms with Gasteiger partial charge in [0.15, 0.2) is 0 Å². The van der Waals surface area contributed by atoms with Crippen molar-refractivity contribution in [1.82, 2.24) is 20.9 Å². The van der Waals surface area contributed by atoms with Crippen LogP contribution in [0.5, 0.6) is 0 Å². The normalized spacial score (nSPS) is 18.7. The summed E-state index contributed by atoms with van der Waals surface area (Å²) in [7, 11) is 0. The zero-order valence-corrected chi connectivity index (χ0v) is 22.3. The molecule has 1 saturated heterocycles. The van der Waals surface area contributed by atoms with Crippen LogP contribution in [0.2, 0.25) is 0 Å². The van der Waals surface area contributed by atoms with Gasteiger partial charge in [0.05, 0.1) is 6.04 Å². The molecule has 6 atom stereocenters. The number of hydrogen-bond acceptors (Lipinski definition) is 8. The van der Waals surface area contributed by atoms with Crippen molar-refractivity contribution in [2.75, 3.05) is 6.54 Å². The van der Waals surface area contributed by atoms with Crippen molar-refractivity contribution < 1.29 is 48.9 Å². The molecule has 1 aliphatic heterocycles. The third kappa shape index (κ3) is 10.5. The summed E-state index contributed by atoms with van der Waals surface area (Å²) in [5.41, 5.74) is 5.88. The van der Waals surface area contributed by atoms with Gasteiger partial charge >= 0.3 is 17.9 Å². The lowest BCUT2D eigenvalue weighted by atomic mass is 9.99. The number of hydrogen-bond donors (Lipinski definition) is 7. The molecule has 1 aliphatic rings. The van der Waals surface area contributed by atoms with E-state index in [9.17, 15) is 38.7 Å². The fourth-order valence-corrected chi connectivity index (χ4v) is 4.01. The minimum absolute atomic E-state index is 0.102. The first-order valence-corrected chi connectivity index (χ1v) is 12.8. The number of amides is 4. The molecule has 0 bridgehead atoms. The summed E-state index contributed by atoms with van der Waals surface area (Å²) >= 11 is 0. The molecule has 0 saturated carbocycles. The van der Waals surface area contributed by atoms with Gasteiger partial charge in [-0.2, -0.15) is 0 Å². The molecule has 4 amide bonds. The summed E-state index contributed by atoms with van der Waals surface area (Å²) in [6.45, 7) is 5.06. The van der Waals surface area contributed by atoms with Crippen LogP contribution in [0.1, 0.15) is 65.7 Å². The average Bonchev–Trinajstić information content (AvgIpc) is 3.37. The number of nitrogens with two attached hydrogens (primary N) is 1. The third-order valence-electron chi connectivity index (χ3n) is 6.67. The molecule has 1 fully saturated rings. The lowest BCUT2D eigenvalue weighted by Crippen LogP contribution is -2.58. The third-order valence-corrected chi connectivity index (χ3v) is 6.67. The van der Waals surface area contributed by atoms with Gasteiger partial charge in [0.2, 0.25) is 23.6 Å². The van der Waals surface area contributed by atoms with Crippen LogP contribution in [-0.4, -0.2) is 98.5 Å². The molecule has 1 heterocycles. The van der Waals surface area contributed by atoms with E-state index >= 15 is 0 Å². The van der Waals surface area contributed by atoms with E-state index in [4.69, 9.17) is 15.9 Å². The topological polar surface area (TPSA) is 246 Å². The number of rotatable bonds is 16. The highest BCUT2D eigenvalue weighted by atomic mass is 16.4. The molecule has 0 aromatic heterocycles. The fraction of sp³-hybridized carbons (Fsp3) is 0.708. The maximum absolute atomic E-state index is 13.1. The monoisotopic (exact) mass is 557 g/mol. The van der Waals surface area contributed by atoms with E-state index in [0.717, 1.165) is 4.90 Å². The number of carboxylic acid groups (broad SMARTS) is 3. The minimum Gasteiger partial charge on any atom is -0.481 e. The predicted molar refractivity (Wildman–Crippen MR) is 135 cm³/mol. The van der Waals surface area contributed by atoms with E-state index in [1.54, 1.807) is 6.92 Å². The summed E-state index contributed by atoms with van der Waals surface area (Å²) in [6, 6.07) is -6.03. The van der Waals surface area contributed by atoms with Crippen LogP contribution in [0.25, 0.3) is 0 Å². The molecule has 8 N–H and O–H groups in total. The van der Waals surface area contributed by atoms with Gasteiger partial charge in [-0.25, -0.2) is 4.79 Å². The minimum atomic E-state index is -1.45. The molecule has 0 spiro atoms. The van der Waals surface area contributed by atoms with Crippen molar-refractivity contribution in [3.05, 3.63) is 0 Å². The Balaban J connectivity index is 3.05. The van der Waals surface area contributed by atoms with E-state index in [1.165, 1.54) is 6.92 Å². The van der Waals surface area contributed by atoms with E-state index in [1.807, 2.05) is 6.92 Å². The summed E-state index contributed by atoms with van der Waals surface area (Å²) in [6.07, 6.45) is -0.554. The Bertz CT molecular complexity index is 942. The van der Waals surface area contributed by atoms with Crippen molar-refractivity contribution >= 4 is 41.5 Å². The maximum Gasteiger partial charge on any atom is 0.326 e. The molecule has 0 aromatic carbocycles. The van der Waals surface area contributed by atoms with Gasteiger partial charge in [-0.1, -0.05) is 20.3 Å². The standard InChI is InChI=1S/C24H39N5O10/c1-4-12(2)19(25)22(36)26-13(3)20(34)27-14(7-9-17(30)31)21(35)28-15(8-10-18(32)33)23(37)29-11-5-6-16(29)24(38)39/h12-16,19H,4-11,25H2,1-3H3,(H,26,36)(H,27,34)(H,28,35)(H,30,31)(H,32,33)(H,38,39)/t12-,13-,14-,15-,16-,19-/m0/s1. The quantitative estimate of drug-likeness (QED) is 0.117. The zero-order chi connectivity index (χ0) is 29.9. The molecule has 15 nitrogen and oxygen atoms in total. The lowest BCUT2D eigenvalue weighted by molar-refractivity contribution is -0.150. The highest BCUT2D eigenvalue weighted by molar-refractivity contribution is 5.95. The number of nitrogens with one attached hydrogen (secondary N) is 3. The first kappa shape index (κ1) is 33.3. The molecule has 1 rings (SSSR count). The number of carbonyl (C=O) groups is 7. The summed E-state index contributed by atoms with van der Waals surface area (Å²) in [4.78, 5) is 86.2. The second-order valence-electron chi connectivity index (χ2n) is 9.66. The second kappa shape index (κ2) is 15.6. The number of likely N-dealkylation sites (tertiary alicyclic amines) is 1. The number of carboxylic acids is 3. The van der Waals surface area contributed by atoms with Crippen molar-refractivity contribution in [1.29, 1.82) is 0 Å². The van der Waals surface area contributed by atoms with Crippen LogP contribution in [0.4, 0.5) is 0 Å². The van der Waals surface area contributed by atoms with Gasteiger partial charge in [-0.15, -0.1) is 0 Å². The van der Waals surface area contributed by atoms with Gasteiger partial charge < -0.3 is 41.9 Å². The fourth-order valence-electron chi connectivity index (χ4n) is 4.01. The average molecular weight is 558 g/mol. The van der Waals surface area contributed by atoms with Crippen LogP contribution in [0.15, 0.2) is 0 Å². The number of nitrogens with zero attached hydrogens (tertiary/aromatic N) is 1. The van der Waals surface area contributed by atoms with Gasteiger partial charge in [0.25, 0.3) is 0 Å². The van der Waals surface area contributed by atoms with E-state index in [-0.39, 0.29) is 31.7 Å². The van der Waals surface area contributed by atoms with E-state index in [0.29, 0.717) is 12.8 Å². The van der Waals surface area contributed by atoms with Crippen LogP contribution < -0.4 is 21.7 Å². The molecule has 39 heavy (non-hydrogen) atoms. The molecule has 0 unspecified atom stereocenters. The Morgan fingerprint density at radius 1 is 0.846 bits per heavy atom. The summed E-state index contributed by atoms with van der Waals surface area (Å²) in [5, 5.41) is 34.7. The molecular weight excluding hydrogens is 518 g/mol. The first-order valence-electron chi connectivity index (χ1n) is 12.8. The van der Waals surface area contributed by atoms with Gasteiger partial charge in [-0.3, -0.25) is 28.8 Å². The van der Waals surface area contributed by atoms with Crippen molar-refractivity contribution in [2.24, 2.45) is 11.7 Å². The van der Waals surface area contributed by atoms with Crippen molar-refractivity contribution in [3.8, 4) is 0 Å². The Morgan fingerprint density at radius 3 is 1.90 bits per heavy atom. The van der Waals surface area contributed by atoms with Gasteiger partial charge in [0.1, 0.15) is 24.2 Å². The zero-order valence-electron chi connectivity index (χ0n) is 22.3. The lowest BCUT2D eigenvalue weighted by Gasteiger charge is -2.29. The SMILES string of the molecule is CC[C@H](C)[C@H](N)C(=O)N[C@@H](C)C(=O)N[C@@H](CCC(=O)O)C(=O)N[C@@H](CCC(=O)O)C(=O)N1CCC[C@H]1C(=O)O. The van der Waals surface area contributed by atoms with Crippen LogP contribution in [0.3, 0.4) is 0 Å². The van der Waals surface area contributed by atoms with Crippen LogP contribution >= 0.6 is 0 Å². The molecule has 220 valence electrons. The van der Waals surface area contributed by atoms with E-state index in [2.05, 4.69) is 16.0 Å². The number of aliphatic carboxylic acids is 3. The maximum atomic E-state index is 13.1. The Labute approximate surface area is 225 Å². The smallest absolute Gasteiger partial charge is 0.326 e. The largest absolute Gasteiger partial charge is 0.481 e. The van der Waals surface area contributed by atoms with Crippen LogP contribution in [0, 0.1) is 5.92 Å². The Morgan fingerprint density at radius 2 is 1.38 bits per heavy atom. The highest BCUT2D eigenvalue weighted by Gasteiger charge is 2.38. The van der Waals surface area contributed by atoms with Crippen LogP contribution in [-0.2, 0) is 33.6 Å². The van der Waals surface area contributed by atoms with Crippen molar-refractivity contribution in [3.63, 3.8) is 0 Å². The number of carbonyl (C=O) groups excluding carboxylic acids is 4. The molecule has 15 heteroatoms. The second-order valence-corrected chi connectivity index (χ2v) is 9.66. The molecule has 0 aromatic rings. The predicted octanol–water partition coefficient (Wildman–Crippen LogP) is -1.36. The highest BCUT2D eigenvalue weighted by Crippen LogP contribution is 2.20. The van der Waals surface area contributed by atoms with Gasteiger partial charge in [-0.05, 0) is 38.5 Å². The summed E-state index contributed by atoms with van der Waals surface area (Å²) < 4.78 is 0. The summed E-state index contributed by atoms with van der Waals surface area (Å²) in [5.74, 6) is -7.07. The first-order chi connectivity index (χ1) is 18.2. The Kier molecular flexibility index (Phi) is 13.3. The van der Waals surface area contributed by atoms with Gasteiger partial charge in [0, 0.05) is 19.4 Å².